The van der Waals surface area contributed by atoms with Crippen LogP contribution in [-0.2, 0) is 17.4 Å². The molecule has 158 valence electrons. The van der Waals surface area contributed by atoms with E-state index in [2.05, 4.69) is 22.4 Å². The Kier molecular flexibility index (Phi) is 6.71. The Bertz CT molecular complexity index is 985. The summed E-state index contributed by atoms with van der Waals surface area (Å²) in [6.07, 6.45) is -1.85. The van der Waals surface area contributed by atoms with Crippen LogP contribution in [0.4, 0.5) is 18.9 Å². The van der Waals surface area contributed by atoms with Gasteiger partial charge in [-0.1, -0.05) is 30.6 Å². The summed E-state index contributed by atoms with van der Waals surface area (Å²) in [5.41, 5.74) is -0.511. The third-order valence-corrected chi connectivity index (χ3v) is 4.20. The van der Waals surface area contributed by atoms with E-state index in [0.29, 0.717) is 17.5 Å². The maximum atomic E-state index is 13.0. The smallest absolute Gasteiger partial charge is 0.418 e. The lowest BCUT2D eigenvalue weighted by atomic mass is 10.1. The van der Waals surface area contributed by atoms with E-state index in [1.807, 2.05) is 0 Å². The van der Waals surface area contributed by atoms with E-state index in [0.717, 1.165) is 30.9 Å². The fraction of sp³-hybridized carbons (Fsp3) is 0.286. The highest BCUT2D eigenvalue weighted by Crippen LogP contribution is 2.34. The number of hydrogen-bond acceptors (Lipinski definition) is 5. The number of hydrogen-bond donors (Lipinski definition) is 1. The van der Waals surface area contributed by atoms with Crippen molar-refractivity contribution in [1.82, 2.24) is 10.1 Å². The number of nitrogens with zero attached hydrogens (tertiary/aromatic N) is 2. The van der Waals surface area contributed by atoms with Crippen LogP contribution in [0.25, 0.3) is 11.4 Å². The lowest BCUT2D eigenvalue weighted by Crippen LogP contribution is -2.22. The molecule has 0 bridgehead atoms. The minimum Gasteiger partial charge on any atom is -0.484 e. The molecule has 0 spiro atoms. The van der Waals surface area contributed by atoms with E-state index < -0.39 is 24.3 Å². The summed E-state index contributed by atoms with van der Waals surface area (Å²) in [6.45, 7) is 1.64. The summed E-state index contributed by atoms with van der Waals surface area (Å²) in [6, 6.07) is 11.4. The molecule has 0 atom stereocenters. The minimum atomic E-state index is -4.56. The van der Waals surface area contributed by atoms with Gasteiger partial charge >= 0.3 is 6.18 Å². The van der Waals surface area contributed by atoms with Crippen molar-refractivity contribution in [3.05, 3.63) is 60.0 Å². The number of benzene rings is 2. The fourth-order valence-corrected chi connectivity index (χ4v) is 2.68. The number of aromatic nitrogens is 2. The summed E-state index contributed by atoms with van der Waals surface area (Å²) in [5, 5.41) is 6.16. The maximum absolute atomic E-state index is 13.0. The first kappa shape index (κ1) is 21.4. The molecule has 30 heavy (non-hydrogen) atoms. The van der Waals surface area contributed by atoms with E-state index in [4.69, 9.17) is 9.26 Å². The number of ether oxygens (including phenoxy) is 1. The van der Waals surface area contributed by atoms with Crippen molar-refractivity contribution in [3.8, 4) is 17.1 Å². The van der Waals surface area contributed by atoms with Crippen LogP contribution in [0.5, 0.6) is 5.75 Å². The Morgan fingerprint density at radius 3 is 2.57 bits per heavy atom. The molecular weight excluding hydrogens is 399 g/mol. The molecule has 3 rings (SSSR count). The monoisotopic (exact) mass is 419 g/mol. The van der Waals surface area contributed by atoms with E-state index in [-0.39, 0.29) is 5.69 Å². The zero-order chi connectivity index (χ0) is 21.6. The van der Waals surface area contributed by atoms with Crippen molar-refractivity contribution in [2.45, 2.75) is 32.4 Å². The molecule has 1 amide bonds. The van der Waals surface area contributed by atoms with Gasteiger partial charge in [-0.2, -0.15) is 18.2 Å². The quantitative estimate of drug-likeness (QED) is 0.549. The van der Waals surface area contributed by atoms with Crippen molar-refractivity contribution in [2.75, 3.05) is 11.9 Å². The molecule has 0 aliphatic heterocycles. The van der Waals surface area contributed by atoms with Crippen LogP contribution < -0.4 is 10.1 Å². The zero-order valence-electron chi connectivity index (χ0n) is 16.2. The van der Waals surface area contributed by atoms with Crippen molar-refractivity contribution in [1.29, 1.82) is 0 Å². The second kappa shape index (κ2) is 9.43. The third-order valence-electron chi connectivity index (χ3n) is 4.20. The van der Waals surface area contributed by atoms with Gasteiger partial charge in [-0.05, 0) is 42.8 Å². The average molecular weight is 419 g/mol. The topological polar surface area (TPSA) is 77.2 Å². The summed E-state index contributed by atoms with van der Waals surface area (Å²) in [5.74, 6) is 0.708. The van der Waals surface area contributed by atoms with Crippen LogP contribution in [0.15, 0.2) is 53.1 Å². The SMILES string of the molecule is CCCCc1nc(-c2ccc(OCC(=O)Nc3ccccc3C(F)(F)F)cc2)no1. The van der Waals surface area contributed by atoms with E-state index in [9.17, 15) is 18.0 Å². The predicted octanol–water partition coefficient (Wildman–Crippen LogP) is 5.12. The Hall–Kier alpha value is -3.36. The highest BCUT2D eigenvalue weighted by molar-refractivity contribution is 5.92. The Labute approximate surface area is 171 Å². The summed E-state index contributed by atoms with van der Waals surface area (Å²) < 4.78 is 49.5. The highest BCUT2D eigenvalue weighted by Gasteiger charge is 2.33. The van der Waals surface area contributed by atoms with Crippen LogP contribution in [0.1, 0.15) is 31.2 Å². The summed E-state index contributed by atoms with van der Waals surface area (Å²) in [4.78, 5) is 16.3. The Balaban J connectivity index is 1.57. The van der Waals surface area contributed by atoms with Crippen LogP contribution >= 0.6 is 0 Å². The number of carbonyl (C=O) groups is 1. The molecule has 0 saturated heterocycles. The van der Waals surface area contributed by atoms with Crippen LogP contribution in [0, 0.1) is 0 Å². The summed E-state index contributed by atoms with van der Waals surface area (Å²) >= 11 is 0. The molecule has 3 aromatic rings. The number of unbranched alkanes of at least 4 members (excludes halogenated alkanes) is 1. The number of rotatable bonds is 8. The van der Waals surface area contributed by atoms with Crippen LogP contribution in [0.3, 0.4) is 0 Å². The highest BCUT2D eigenvalue weighted by atomic mass is 19.4. The molecule has 0 aliphatic rings. The average Bonchev–Trinajstić information content (AvgIpc) is 3.20. The number of alkyl halides is 3. The van der Waals surface area contributed by atoms with Gasteiger partial charge in [0.05, 0.1) is 11.3 Å². The van der Waals surface area contributed by atoms with Crippen molar-refractivity contribution in [3.63, 3.8) is 0 Å². The molecule has 0 radical (unpaired) electrons. The van der Waals surface area contributed by atoms with Gasteiger partial charge in [0.15, 0.2) is 6.61 Å². The first-order valence-corrected chi connectivity index (χ1v) is 9.38. The Morgan fingerprint density at radius 2 is 1.87 bits per heavy atom. The molecule has 2 aromatic carbocycles. The maximum Gasteiger partial charge on any atom is 0.418 e. The van der Waals surface area contributed by atoms with Gasteiger partial charge in [0, 0.05) is 12.0 Å². The van der Waals surface area contributed by atoms with Crippen LogP contribution in [-0.4, -0.2) is 22.7 Å². The fourth-order valence-electron chi connectivity index (χ4n) is 2.68. The zero-order valence-corrected chi connectivity index (χ0v) is 16.2. The molecule has 0 aliphatic carbocycles. The first-order chi connectivity index (χ1) is 14.4. The number of halogens is 3. The van der Waals surface area contributed by atoms with Gasteiger partial charge < -0.3 is 14.6 Å². The third kappa shape index (κ3) is 5.59. The first-order valence-electron chi connectivity index (χ1n) is 9.38. The molecule has 6 nitrogen and oxygen atoms in total. The standard InChI is InChI=1S/C21H20F3N3O3/c1-2-3-8-19-26-20(27-30-19)14-9-11-15(12-10-14)29-13-18(28)25-17-7-5-4-6-16(17)21(22,23)24/h4-7,9-12H,2-3,8,13H2,1H3,(H,25,28). The van der Waals surface area contributed by atoms with Gasteiger partial charge in [0.2, 0.25) is 11.7 Å². The van der Waals surface area contributed by atoms with Crippen LogP contribution in [0.2, 0.25) is 0 Å². The largest absolute Gasteiger partial charge is 0.484 e. The van der Waals surface area contributed by atoms with Gasteiger partial charge in [0.1, 0.15) is 5.75 Å². The van der Waals surface area contributed by atoms with Crippen molar-refractivity contribution in [2.24, 2.45) is 0 Å². The molecule has 0 saturated carbocycles. The molecule has 1 N–H and O–H groups in total. The molecule has 0 fully saturated rings. The number of carbonyl (C=O) groups excluding carboxylic acids is 1. The Morgan fingerprint density at radius 1 is 1.13 bits per heavy atom. The number of anilines is 1. The van der Waals surface area contributed by atoms with E-state index >= 15 is 0 Å². The molecule has 1 aromatic heterocycles. The van der Waals surface area contributed by atoms with Crippen molar-refractivity contribution < 1.29 is 27.2 Å². The lowest BCUT2D eigenvalue weighted by Gasteiger charge is -2.13. The number of aryl methyl sites for hydroxylation is 1. The normalized spacial score (nSPS) is 11.3. The second-order valence-corrected chi connectivity index (χ2v) is 6.52. The second-order valence-electron chi connectivity index (χ2n) is 6.52. The molecule has 9 heteroatoms. The number of nitrogens with one attached hydrogen (secondary N) is 1. The molecular formula is C21H20F3N3O3. The van der Waals surface area contributed by atoms with E-state index in [1.165, 1.54) is 18.2 Å². The number of amides is 1. The van der Waals surface area contributed by atoms with Crippen molar-refractivity contribution >= 4 is 11.6 Å². The lowest BCUT2D eigenvalue weighted by molar-refractivity contribution is -0.137. The van der Waals surface area contributed by atoms with E-state index in [1.54, 1.807) is 24.3 Å². The number of para-hydroxylation sites is 1. The van der Waals surface area contributed by atoms with Gasteiger partial charge in [-0.15, -0.1) is 0 Å². The van der Waals surface area contributed by atoms with Gasteiger partial charge in [-0.3, -0.25) is 4.79 Å². The minimum absolute atomic E-state index is 0.315. The van der Waals surface area contributed by atoms with Gasteiger partial charge in [-0.25, -0.2) is 0 Å². The predicted molar refractivity (Wildman–Crippen MR) is 104 cm³/mol. The molecule has 1 heterocycles. The molecule has 0 unspecified atom stereocenters. The summed E-state index contributed by atoms with van der Waals surface area (Å²) in [7, 11) is 0. The van der Waals surface area contributed by atoms with Gasteiger partial charge in [0.25, 0.3) is 5.91 Å².